The molecule has 0 amide bonds. The Bertz CT molecular complexity index is 337. The highest BCUT2D eigenvalue weighted by Crippen LogP contribution is 2.05. The highest BCUT2D eigenvalue weighted by Gasteiger charge is 1.99. The van der Waals surface area contributed by atoms with Gasteiger partial charge in [-0.25, -0.2) is 9.97 Å². The van der Waals surface area contributed by atoms with Crippen LogP contribution in [-0.4, -0.2) is 18.9 Å². The van der Waals surface area contributed by atoms with Crippen molar-refractivity contribution < 1.29 is 0 Å². The lowest BCUT2D eigenvalue weighted by Gasteiger charge is -1.89. The molecule has 0 saturated heterocycles. The van der Waals surface area contributed by atoms with Crippen molar-refractivity contribution in [2.24, 2.45) is 0 Å². The van der Waals surface area contributed by atoms with E-state index in [-0.39, 0.29) is 0 Å². The zero-order chi connectivity index (χ0) is 7.68. The minimum Gasteiger partial charge on any atom is -0.274 e. The van der Waals surface area contributed by atoms with Gasteiger partial charge in [-0.1, -0.05) is 0 Å². The standard InChI is InChI=1S/C6H6N4S/c1-5-8-6(9-11-5)10-3-2-7-4-10/h2-4H,1H3. The van der Waals surface area contributed by atoms with E-state index in [1.54, 1.807) is 17.1 Å². The first-order chi connectivity index (χ1) is 5.36. The fourth-order valence-corrected chi connectivity index (χ4v) is 1.24. The fourth-order valence-electron chi connectivity index (χ4n) is 0.771. The van der Waals surface area contributed by atoms with Crippen molar-refractivity contribution in [1.29, 1.82) is 0 Å². The first-order valence-electron chi connectivity index (χ1n) is 3.15. The van der Waals surface area contributed by atoms with Crippen molar-refractivity contribution in [2.75, 3.05) is 0 Å². The predicted molar refractivity (Wildman–Crippen MR) is 41.8 cm³/mol. The third-order valence-electron chi connectivity index (χ3n) is 1.25. The molecular weight excluding hydrogens is 160 g/mol. The lowest BCUT2D eigenvalue weighted by atomic mass is 10.8. The number of hydrogen-bond donors (Lipinski definition) is 0. The van der Waals surface area contributed by atoms with Crippen LogP contribution in [0.25, 0.3) is 5.95 Å². The van der Waals surface area contributed by atoms with Gasteiger partial charge in [-0.3, -0.25) is 4.57 Å². The topological polar surface area (TPSA) is 43.6 Å². The summed E-state index contributed by atoms with van der Waals surface area (Å²) in [4.78, 5) is 8.08. The maximum Gasteiger partial charge on any atom is 0.246 e. The van der Waals surface area contributed by atoms with Crippen LogP contribution in [0, 0.1) is 6.92 Å². The number of rotatable bonds is 1. The largest absolute Gasteiger partial charge is 0.274 e. The van der Waals surface area contributed by atoms with Gasteiger partial charge in [0.2, 0.25) is 5.95 Å². The van der Waals surface area contributed by atoms with Gasteiger partial charge in [-0.2, -0.15) is 4.37 Å². The molecule has 0 atom stereocenters. The number of aryl methyl sites for hydroxylation is 1. The van der Waals surface area contributed by atoms with Crippen molar-refractivity contribution in [3.63, 3.8) is 0 Å². The number of imidazole rings is 1. The maximum atomic E-state index is 4.18. The van der Waals surface area contributed by atoms with Crippen molar-refractivity contribution in [3.05, 3.63) is 23.7 Å². The zero-order valence-corrected chi connectivity index (χ0v) is 6.75. The Morgan fingerprint density at radius 3 is 3.00 bits per heavy atom. The van der Waals surface area contributed by atoms with E-state index in [9.17, 15) is 0 Å². The van der Waals surface area contributed by atoms with E-state index >= 15 is 0 Å². The zero-order valence-electron chi connectivity index (χ0n) is 5.93. The highest BCUT2D eigenvalue weighted by molar-refractivity contribution is 7.05. The minimum absolute atomic E-state index is 0.699. The number of aromatic nitrogens is 4. The summed E-state index contributed by atoms with van der Waals surface area (Å²) in [5.74, 6) is 0.699. The van der Waals surface area contributed by atoms with E-state index in [0.29, 0.717) is 5.95 Å². The fraction of sp³-hybridized carbons (Fsp3) is 0.167. The molecule has 2 aromatic heterocycles. The van der Waals surface area contributed by atoms with Gasteiger partial charge in [-0.15, -0.1) is 0 Å². The van der Waals surface area contributed by atoms with Crippen LogP contribution in [0.1, 0.15) is 5.01 Å². The molecule has 5 heteroatoms. The quantitative estimate of drug-likeness (QED) is 0.635. The van der Waals surface area contributed by atoms with Gasteiger partial charge >= 0.3 is 0 Å². The van der Waals surface area contributed by atoms with Gasteiger partial charge in [0, 0.05) is 12.4 Å². The average Bonchev–Trinajstić information content (AvgIpc) is 2.55. The molecule has 0 fully saturated rings. The van der Waals surface area contributed by atoms with Crippen LogP contribution in [0.3, 0.4) is 0 Å². The smallest absolute Gasteiger partial charge is 0.246 e. The Balaban J connectivity index is 2.45. The second-order valence-electron chi connectivity index (χ2n) is 2.08. The number of nitrogens with zero attached hydrogens (tertiary/aromatic N) is 4. The van der Waals surface area contributed by atoms with E-state index in [1.165, 1.54) is 11.5 Å². The summed E-state index contributed by atoms with van der Waals surface area (Å²) in [6.07, 6.45) is 5.21. The summed E-state index contributed by atoms with van der Waals surface area (Å²) in [5, 5.41) is 0.966. The maximum absolute atomic E-state index is 4.18. The molecule has 56 valence electrons. The van der Waals surface area contributed by atoms with Crippen molar-refractivity contribution in [1.82, 2.24) is 18.9 Å². The summed E-state index contributed by atoms with van der Waals surface area (Å²) in [7, 11) is 0. The van der Waals surface area contributed by atoms with Gasteiger partial charge in [0.25, 0.3) is 0 Å². The molecule has 0 bridgehead atoms. The third-order valence-corrected chi connectivity index (χ3v) is 1.86. The molecule has 0 saturated carbocycles. The van der Waals surface area contributed by atoms with E-state index in [1.807, 2.05) is 13.1 Å². The molecule has 0 aliphatic heterocycles. The van der Waals surface area contributed by atoms with Crippen molar-refractivity contribution in [2.45, 2.75) is 6.92 Å². The molecule has 11 heavy (non-hydrogen) atoms. The third kappa shape index (κ3) is 1.14. The van der Waals surface area contributed by atoms with Gasteiger partial charge in [0.1, 0.15) is 11.3 Å². The number of hydrogen-bond acceptors (Lipinski definition) is 4. The van der Waals surface area contributed by atoms with Crippen molar-refractivity contribution in [3.8, 4) is 5.95 Å². The summed E-state index contributed by atoms with van der Waals surface area (Å²) < 4.78 is 5.89. The summed E-state index contributed by atoms with van der Waals surface area (Å²) in [6, 6.07) is 0. The van der Waals surface area contributed by atoms with Gasteiger partial charge in [0.15, 0.2) is 0 Å². The van der Waals surface area contributed by atoms with Crippen LogP contribution in [0.4, 0.5) is 0 Å². The lowest BCUT2D eigenvalue weighted by molar-refractivity contribution is 0.959. The van der Waals surface area contributed by atoms with E-state index < -0.39 is 0 Å². The molecule has 0 aromatic carbocycles. The second-order valence-corrected chi connectivity index (χ2v) is 3.04. The summed E-state index contributed by atoms with van der Waals surface area (Å²) >= 11 is 1.39. The minimum atomic E-state index is 0.699. The molecule has 2 rings (SSSR count). The molecule has 0 N–H and O–H groups in total. The molecule has 0 aliphatic rings. The molecule has 0 spiro atoms. The summed E-state index contributed by atoms with van der Waals surface area (Å²) in [6.45, 7) is 1.93. The molecule has 2 aromatic rings. The highest BCUT2D eigenvalue weighted by atomic mass is 32.1. The normalized spacial score (nSPS) is 10.3. The Hall–Kier alpha value is -1.23. The molecular formula is C6H6N4S. The molecule has 0 unspecified atom stereocenters. The van der Waals surface area contributed by atoms with E-state index in [0.717, 1.165) is 5.01 Å². The Morgan fingerprint density at radius 1 is 1.55 bits per heavy atom. The van der Waals surface area contributed by atoms with Gasteiger partial charge in [-0.05, 0) is 18.5 Å². The van der Waals surface area contributed by atoms with Crippen LogP contribution in [0.15, 0.2) is 18.7 Å². The van der Waals surface area contributed by atoms with Crippen LogP contribution < -0.4 is 0 Å². The Kier molecular flexibility index (Phi) is 1.43. The van der Waals surface area contributed by atoms with Crippen LogP contribution in [-0.2, 0) is 0 Å². The Labute approximate surface area is 67.7 Å². The molecule has 0 aliphatic carbocycles. The van der Waals surface area contributed by atoms with Crippen molar-refractivity contribution >= 4 is 11.5 Å². The molecule has 0 radical (unpaired) electrons. The first-order valence-corrected chi connectivity index (χ1v) is 3.92. The second kappa shape index (κ2) is 2.43. The van der Waals surface area contributed by atoms with Gasteiger partial charge in [0.05, 0.1) is 0 Å². The lowest BCUT2D eigenvalue weighted by Crippen LogP contribution is -1.91. The SMILES string of the molecule is Cc1nc(-n2ccnc2)ns1. The Morgan fingerprint density at radius 2 is 2.45 bits per heavy atom. The van der Waals surface area contributed by atoms with Crippen LogP contribution >= 0.6 is 11.5 Å². The van der Waals surface area contributed by atoms with Gasteiger partial charge < -0.3 is 0 Å². The monoisotopic (exact) mass is 166 g/mol. The average molecular weight is 166 g/mol. The molecule has 2 heterocycles. The van der Waals surface area contributed by atoms with Crippen LogP contribution in [0.5, 0.6) is 0 Å². The van der Waals surface area contributed by atoms with E-state index in [2.05, 4.69) is 14.3 Å². The van der Waals surface area contributed by atoms with E-state index in [4.69, 9.17) is 0 Å². The molecule has 4 nitrogen and oxygen atoms in total. The predicted octanol–water partition coefficient (Wildman–Crippen LogP) is 1.03. The first kappa shape index (κ1) is 6.48. The summed E-state index contributed by atoms with van der Waals surface area (Å²) in [5.41, 5.74) is 0. The van der Waals surface area contributed by atoms with Crippen LogP contribution in [0.2, 0.25) is 0 Å².